The summed E-state index contributed by atoms with van der Waals surface area (Å²) < 4.78 is 0. The predicted octanol–water partition coefficient (Wildman–Crippen LogP) is 2.56. The van der Waals surface area contributed by atoms with E-state index in [-0.39, 0.29) is 5.91 Å². The Morgan fingerprint density at radius 2 is 2.06 bits per heavy atom. The smallest absolute Gasteiger partial charge is 0.277 e. The quantitative estimate of drug-likeness (QED) is 0.923. The summed E-state index contributed by atoms with van der Waals surface area (Å²) in [6.07, 6.45) is 0.987. The molecule has 5 heteroatoms. The molecule has 0 saturated carbocycles. The van der Waals surface area contributed by atoms with E-state index in [1.54, 1.807) is 17.3 Å². The van der Waals surface area contributed by atoms with E-state index in [9.17, 15) is 4.79 Å². The highest BCUT2D eigenvalue weighted by molar-refractivity contribution is 7.13. The van der Waals surface area contributed by atoms with Gasteiger partial charge in [0.05, 0.1) is 0 Å². The molecule has 0 unspecified atom stereocenters. The van der Waals surface area contributed by atoms with Crippen molar-refractivity contribution in [1.82, 2.24) is 4.98 Å². The normalized spacial score (nSPS) is 10.3. The Labute approximate surface area is 110 Å². The first-order chi connectivity index (χ1) is 8.61. The monoisotopic (exact) mass is 261 g/mol. The summed E-state index contributed by atoms with van der Waals surface area (Å²) >= 11 is 1.27. The molecular formula is C13H15N3OS. The summed E-state index contributed by atoms with van der Waals surface area (Å²) in [5.74, 6) is -0.146. The van der Waals surface area contributed by atoms with Gasteiger partial charge < -0.3 is 10.6 Å². The lowest BCUT2D eigenvalue weighted by Gasteiger charge is -2.16. The maximum atomic E-state index is 12.1. The molecule has 0 atom stereocenters. The van der Waals surface area contributed by atoms with E-state index in [1.165, 1.54) is 16.9 Å². The molecule has 0 spiro atoms. The van der Waals surface area contributed by atoms with Crippen LogP contribution >= 0.6 is 11.3 Å². The number of thiazole rings is 1. The van der Waals surface area contributed by atoms with Crippen LogP contribution in [0.2, 0.25) is 0 Å². The number of aromatic nitrogens is 1. The van der Waals surface area contributed by atoms with Gasteiger partial charge in [0, 0.05) is 18.1 Å². The van der Waals surface area contributed by atoms with Crippen LogP contribution in [-0.2, 0) is 6.42 Å². The first-order valence-electron chi connectivity index (χ1n) is 5.69. The second-order valence-electron chi connectivity index (χ2n) is 3.96. The highest BCUT2D eigenvalue weighted by Crippen LogP contribution is 2.18. The first-order valence-corrected chi connectivity index (χ1v) is 6.57. The number of hydrogen-bond acceptors (Lipinski definition) is 4. The number of hydrogen-bond donors (Lipinski definition) is 1. The zero-order valence-corrected chi connectivity index (χ0v) is 11.2. The van der Waals surface area contributed by atoms with Crippen molar-refractivity contribution in [1.29, 1.82) is 0 Å². The molecule has 2 aromatic rings. The van der Waals surface area contributed by atoms with Crippen LogP contribution in [0.15, 0.2) is 29.6 Å². The van der Waals surface area contributed by atoms with Crippen LogP contribution in [0.1, 0.15) is 23.0 Å². The zero-order chi connectivity index (χ0) is 13.1. The molecule has 0 radical (unpaired) electrons. The molecular weight excluding hydrogens is 246 g/mol. The first kappa shape index (κ1) is 12.6. The summed E-state index contributed by atoms with van der Waals surface area (Å²) in [4.78, 5) is 17.7. The second kappa shape index (κ2) is 5.18. The highest BCUT2D eigenvalue weighted by atomic mass is 32.1. The fraction of sp³-hybridized carbons (Fsp3) is 0.231. The zero-order valence-electron chi connectivity index (χ0n) is 10.4. The van der Waals surface area contributed by atoms with Gasteiger partial charge in [0.15, 0.2) is 5.13 Å². The van der Waals surface area contributed by atoms with E-state index < -0.39 is 0 Å². The number of benzene rings is 1. The van der Waals surface area contributed by atoms with Gasteiger partial charge in [0.25, 0.3) is 5.91 Å². The van der Waals surface area contributed by atoms with Gasteiger partial charge in [-0.3, -0.25) is 4.79 Å². The molecule has 0 fully saturated rings. The van der Waals surface area contributed by atoms with Crippen LogP contribution in [0.5, 0.6) is 0 Å². The van der Waals surface area contributed by atoms with Gasteiger partial charge in [0.2, 0.25) is 0 Å². The standard InChI is InChI=1S/C13H15N3OS/c1-3-9-4-6-10(7-5-9)16(2)12(17)11-8-18-13(14)15-11/h4-8H,3H2,1-2H3,(H2,14,15). The number of aryl methyl sites for hydroxylation is 1. The van der Waals surface area contributed by atoms with Crippen molar-refractivity contribution in [2.24, 2.45) is 0 Å². The molecule has 1 heterocycles. The van der Waals surface area contributed by atoms with Crippen molar-refractivity contribution in [3.63, 3.8) is 0 Å². The summed E-state index contributed by atoms with van der Waals surface area (Å²) in [7, 11) is 1.73. The average molecular weight is 261 g/mol. The van der Waals surface area contributed by atoms with E-state index in [4.69, 9.17) is 5.73 Å². The molecule has 1 amide bonds. The molecule has 0 saturated heterocycles. The van der Waals surface area contributed by atoms with Crippen molar-refractivity contribution in [3.05, 3.63) is 40.9 Å². The Hall–Kier alpha value is -1.88. The van der Waals surface area contributed by atoms with E-state index in [2.05, 4.69) is 11.9 Å². The van der Waals surface area contributed by atoms with Crippen LogP contribution < -0.4 is 10.6 Å². The summed E-state index contributed by atoms with van der Waals surface area (Å²) in [6.45, 7) is 2.10. The molecule has 0 aliphatic carbocycles. The number of nitrogen functional groups attached to an aromatic ring is 1. The number of carbonyl (C=O) groups is 1. The third-order valence-corrected chi connectivity index (χ3v) is 3.45. The molecule has 94 valence electrons. The van der Waals surface area contributed by atoms with Crippen molar-refractivity contribution in [2.75, 3.05) is 17.7 Å². The molecule has 0 bridgehead atoms. The second-order valence-corrected chi connectivity index (χ2v) is 4.84. The molecule has 1 aromatic heterocycles. The van der Waals surface area contributed by atoms with Gasteiger partial charge in [0.1, 0.15) is 5.69 Å². The van der Waals surface area contributed by atoms with Gasteiger partial charge in [-0.15, -0.1) is 11.3 Å². The van der Waals surface area contributed by atoms with Gasteiger partial charge in [-0.05, 0) is 24.1 Å². The number of rotatable bonds is 3. The number of nitrogens with two attached hydrogens (primary N) is 1. The van der Waals surface area contributed by atoms with Crippen LogP contribution in [0, 0.1) is 0 Å². The molecule has 2 rings (SSSR count). The van der Waals surface area contributed by atoms with Crippen LogP contribution in [0.25, 0.3) is 0 Å². The lowest BCUT2D eigenvalue weighted by molar-refractivity contribution is 0.0989. The SMILES string of the molecule is CCc1ccc(N(C)C(=O)c2csc(N)n2)cc1. The van der Waals surface area contributed by atoms with Crippen LogP contribution in [-0.4, -0.2) is 17.9 Å². The summed E-state index contributed by atoms with van der Waals surface area (Å²) in [5.41, 5.74) is 8.02. The van der Waals surface area contributed by atoms with Crippen molar-refractivity contribution >= 4 is 28.1 Å². The van der Waals surface area contributed by atoms with Crippen LogP contribution in [0.4, 0.5) is 10.8 Å². The summed E-state index contributed by atoms with van der Waals surface area (Å²) in [6, 6.07) is 7.92. The lowest BCUT2D eigenvalue weighted by Crippen LogP contribution is -2.26. The maximum Gasteiger partial charge on any atom is 0.277 e. The molecule has 18 heavy (non-hydrogen) atoms. The Balaban J connectivity index is 2.19. The van der Waals surface area contributed by atoms with Gasteiger partial charge in [-0.2, -0.15) is 0 Å². The molecule has 0 aliphatic rings. The van der Waals surface area contributed by atoms with Gasteiger partial charge in [-0.1, -0.05) is 19.1 Å². The van der Waals surface area contributed by atoms with E-state index >= 15 is 0 Å². The minimum Gasteiger partial charge on any atom is -0.375 e. The third-order valence-electron chi connectivity index (χ3n) is 2.78. The van der Waals surface area contributed by atoms with Crippen molar-refractivity contribution in [3.8, 4) is 0 Å². The van der Waals surface area contributed by atoms with Crippen molar-refractivity contribution < 1.29 is 4.79 Å². The number of nitrogens with zero attached hydrogens (tertiary/aromatic N) is 2. The third kappa shape index (κ3) is 2.51. The Bertz CT molecular complexity index is 548. The van der Waals surface area contributed by atoms with Gasteiger partial charge in [-0.25, -0.2) is 4.98 Å². The Kier molecular flexibility index (Phi) is 3.62. The van der Waals surface area contributed by atoms with E-state index in [1.807, 2.05) is 24.3 Å². The van der Waals surface area contributed by atoms with E-state index in [0.717, 1.165) is 12.1 Å². The van der Waals surface area contributed by atoms with Crippen LogP contribution in [0.3, 0.4) is 0 Å². The van der Waals surface area contributed by atoms with Crippen molar-refractivity contribution in [2.45, 2.75) is 13.3 Å². The summed E-state index contributed by atoms with van der Waals surface area (Å²) in [5, 5.41) is 2.09. The Morgan fingerprint density at radius 3 is 2.56 bits per heavy atom. The average Bonchev–Trinajstić information content (AvgIpc) is 2.84. The topological polar surface area (TPSA) is 59.2 Å². The largest absolute Gasteiger partial charge is 0.375 e. The van der Waals surface area contributed by atoms with Gasteiger partial charge >= 0.3 is 0 Å². The number of amides is 1. The maximum absolute atomic E-state index is 12.1. The molecule has 2 N–H and O–H groups in total. The molecule has 4 nitrogen and oxygen atoms in total. The highest BCUT2D eigenvalue weighted by Gasteiger charge is 2.16. The fourth-order valence-electron chi connectivity index (χ4n) is 1.63. The Morgan fingerprint density at radius 1 is 1.39 bits per heavy atom. The number of carbonyl (C=O) groups excluding carboxylic acids is 1. The minimum atomic E-state index is -0.146. The molecule has 0 aliphatic heterocycles. The number of anilines is 2. The fourth-order valence-corrected chi connectivity index (χ4v) is 2.17. The minimum absolute atomic E-state index is 0.146. The molecule has 1 aromatic carbocycles. The lowest BCUT2D eigenvalue weighted by atomic mass is 10.1. The van der Waals surface area contributed by atoms with E-state index in [0.29, 0.717) is 10.8 Å². The predicted molar refractivity (Wildman–Crippen MR) is 75.1 cm³/mol.